The molecule has 0 heterocycles. The molecule has 0 aromatic heterocycles. The first kappa shape index (κ1) is 6.47. The summed E-state index contributed by atoms with van der Waals surface area (Å²) in [4.78, 5) is 11.7. The summed E-state index contributed by atoms with van der Waals surface area (Å²) in [6.07, 6.45) is 0.542. The smallest absolute Gasteiger partial charge is 0.222 e. The van der Waals surface area contributed by atoms with Crippen molar-refractivity contribution in [2.75, 3.05) is 7.05 Å². The highest BCUT2D eigenvalue weighted by molar-refractivity contribution is 5.75. The van der Waals surface area contributed by atoms with Crippen molar-refractivity contribution in [2.24, 2.45) is 0 Å². The van der Waals surface area contributed by atoms with E-state index in [2.05, 4.69) is 7.05 Å². The first-order valence-corrected chi connectivity index (χ1v) is 2.25. The van der Waals surface area contributed by atoms with Crippen molar-refractivity contribution in [1.29, 1.82) is 0 Å². The van der Waals surface area contributed by atoms with E-state index in [-0.39, 0.29) is 5.91 Å². The van der Waals surface area contributed by atoms with Crippen LogP contribution in [0.25, 0.3) is 0 Å². The highest BCUT2D eigenvalue weighted by atomic mass is 16.2. The van der Waals surface area contributed by atoms with Gasteiger partial charge in [0, 0.05) is 20.5 Å². The summed E-state index contributed by atoms with van der Waals surface area (Å²) in [6, 6.07) is 0. The molecule has 0 aliphatic heterocycles. The third-order valence-corrected chi connectivity index (χ3v) is 0.728. The van der Waals surface area contributed by atoms with Crippen LogP contribution in [0.2, 0.25) is 0 Å². The van der Waals surface area contributed by atoms with Gasteiger partial charge in [-0.3, -0.25) is 4.79 Å². The molecule has 0 aromatic carbocycles. The molecule has 0 N–H and O–H groups in total. The Balaban J connectivity index is 3.35. The average Bonchev–Trinajstić information content (AvgIpc) is 1.65. The van der Waals surface area contributed by atoms with Crippen molar-refractivity contribution in [3.8, 4) is 0 Å². The van der Waals surface area contributed by atoms with Gasteiger partial charge in [0.2, 0.25) is 5.91 Å². The van der Waals surface area contributed by atoms with Crippen LogP contribution < -0.4 is 0 Å². The number of rotatable bonds is 1. The number of carbonyl (C=O) groups is 1. The molecule has 0 saturated heterocycles. The molecular weight excluding hydrogens is 90.1 g/mol. The SMILES string of the molecule is [CH2]N(C)C(=O)CC. The summed E-state index contributed by atoms with van der Waals surface area (Å²) >= 11 is 0. The Morgan fingerprint density at radius 3 is 2.29 bits per heavy atom. The zero-order valence-corrected chi connectivity index (χ0v) is 4.77. The molecule has 0 rings (SSSR count). The van der Waals surface area contributed by atoms with Crippen LogP contribution >= 0.6 is 0 Å². The van der Waals surface area contributed by atoms with E-state index in [4.69, 9.17) is 0 Å². The Morgan fingerprint density at radius 1 is 1.86 bits per heavy atom. The first-order chi connectivity index (χ1) is 3.18. The fourth-order valence-corrected chi connectivity index (χ4v) is 0.270. The van der Waals surface area contributed by atoms with E-state index < -0.39 is 0 Å². The molecular formula is C5H10NO. The second-order valence-corrected chi connectivity index (χ2v) is 1.45. The van der Waals surface area contributed by atoms with Crippen LogP contribution in [0.15, 0.2) is 0 Å². The molecule has 1 radical (unpaired) electrons. The minimum Gasteiger partial charge on any atom is -0.344 e. The van der Waals surface area contributed by atoms with Crippen molar-refractivity contribution in [3.05, 3.63) is 7.05 Å². The molecule has 0 fully saturated rings. The topological polar surface area (TPSA) is 20.3 Å². The summed E-state index contributed by atoms with van der Waals surface area (Å²) in [7, 11) is 5.04. The molecule has 0 aliphatic carbocycles. The Kier molecular flexibility index (Phi) is 2.41. The number of hydrogen-bond acceptors (Lipinski definition) is 1. The molecule has 0 saturated carbocycles. The third kappa shape index (κ3) is 2.20. The number of nitrogens with zero attached hydrogens (tertiary/aromatic N) is 1. The van der Waals surface area contributed by atoms with Crippen LogP contribution in [-0.4, -0.2) is 17.9 Å². The summed E-state index contributed by atoms with van der Waals surface area (Å²) in [5.41, 5.74) is 0. The van der Waals surface area contributed by atoms with Crippen LogP contribution in [0.1, 0.15) is 13.3 Å². The lowest BCUT2D eigenvalue weighted by atomic mass is 10.4. The van der Waals surface area contributed by atoms with E-state index in [1.807, 2.05) is 6.92 Å². The molecule has 0 bridgehead atoms. The zero-order chi connectivity index (χ0) is 5.86. The Bertz CT molecular complexity index is 68.5. The summed E-state index contributed by atoms with van der Waals surface area (Å²) in [6.45, 7) is 1.81. The molecule has 41 valence electrons. The number of carbonyl (C=O) groups excluding carboxylic acids is 1. The van der Waals surface area contributed by atoms with E-state index in [0.29, 0.717) is 6.42 Å². The Hall–Kier alpha value is -0.530. The van der Waals surface area contributed by atoms with Gasteiger partial charge in [0.25, 0.3) is 0 Å². The molecule has 2 heteroatoms. The lowest BCUT2D eigenvalue weighted by Crippen LogP contribution is -2.17. The second kappa shape index (κ2) is 2.61. The highest BCUT2D eigenvalue weighted by Crippen LogP contribution is 1.83. The molecule has 0 aliphatic rings. The van der Waals surface area contributed by atoms with Gasteiger partial charge in [0.05, 0.1) is 0 Å². The average molecular weight is 100 g/mol. The van der Waals surface area contributed by atoms with E-state index in [1.165, 1.54) is 4.90 Å². The lowest BCUT2D eigenvalue weighted by Gasteiger charge is -2.05. The largest absolute Gasteiger partial charge is 0.344 e. The van der Waals surface area contributed by atoms with Gasteiger partial charge in [-0.2, -0.15) is 0 Å². The quantitative estimate of drug-likeness (QED) is 0.473. The molecule has 0 unspecified atom stereocenters. The zero-order valence-electron chi connectivity index (χ0n) is 4.77. The summed E-state index contributed by atoms with van der Waals surface area (Å²) in [5.74, 6) is 0.0694. The minimum atomic E-state index is 0.0694. The maximum atomic E-state index is 10.4. The van der Waals surface area contributed by atoms with Gasteiger partial charge in [0.15, 0.2) is 0 Å². The van der Waals surface area contributed by atoms with Crippen molar-refractivity contribution in [3.63, 3.8) is 0 Å². The highest BCUT2D eigenvalue weighted by Gasteiger charge is 1.95. The van der Waals surface area contributed by atoms with Crippen LogP contribution in [0.5, 0.6) is 0 Å². The van der Waals surface area contributed by atoms with Crippen LogP contribution in [0.4, 0.5) is 0 Å². The van der Waals surface area contributed by atoms with Gasteiger partial charge in [0.1, 0.15) is 0 Å². The van der Waals surface area contributed by atoms with Crippen molar-refractivity contribution in [1.82, 2.24) is 4.90 Å². The first-order valence-electron chi connectivity index (χ1n) is 2.25. The van der Waals surface area contributed by atoms with Gasteiger partial charge >= 0.3 is 0 Å². The predicted octanol–water partition coefficient (Wildman–Crippen LogP) is 0.646. The second-order valence-electron chi connectivity index (χ2n) is 1.45. The van der Waals surface area contributed by atoms with Crippen LogP contribution in [-0.2, 0) is 4.79 Å². The standard InChI is InChI=1S/C5H10NO/c1-4-5(7)6(2)3/h2,4H2,1,3H3. The van der Waals surface area contributed by atoms with E-state index in [0.717, 1.165) is 0 Å². The van der Waals surface area contributed by atoms with Gasteiger partial charge in [-0.05, 0) is 0 Å². The van der Waals surface area contributed by atoms with Gasteiger partial charge in [-0.25, -0.2) is 0 Å². The Morgan fingerprint density at radius 2 is 2.29 bits per heavy atom. The third-order valence-electron chi connectivity index (χ3n) is 0.728. The maximum absolute atomic E-state index is 10.4. The van der Waals surface area contributed by atoms with Gasteiger partial charge in [-0.15, -0.1) is 0 Å². The van der Waals surface area contributed by atoms with Crippen molar-refractivity contribution < 1.29 is 4.79 Å². The minimum absolute atomic E-state index is 0.0694. The molecule has 0 spiro atoms. The van der Waals surface area contributed by atoms with Gasteiger partial charge in [-0.1, -0.05) is 6.92 Å². The number of amides is 1. The maximum Gasteiger partial charge on any atom is 0.222 e. The fourth-order valence-electron chi connectivity index (χ4n) is 0.270. The summed E-state index contributed by atoms with van der Waals surface area (Å²) in [5, 5.41) is 0. The molecule has 0 atom stereocenters. The molecule has 7 heavy (non-hydrogen) atoms. The molecule has 1 amide bonds. The lowest BCUT2D eigenvalue weighted by molar-refractivity contribution is -0.127. The normalized spacial score (nSPS) is 8.43. The van der Waals surface area contributed by atoms with E-state index in [9.17, 15) is 4.79 Å². The molecule has 0 aromatic rings. The predicted molar refractivity (Wildman–Crippen MR) is 28.4 cm³/mol. The van der Waals surface area contributed by atoms with Crippen LogP contribution in [0.3, 0.4) is 0 Å². The number of hydrogen-bond donors (Lipinski definition) is 0. The van der Waals surface area contributed by atoms with E-state index >= 15 is 0 Å². The summed E-state index contributed by atoms with van der Waals surface area (Å²) < 4.78 is 0. The monoisotopic (exact) mass is 100 g/mol. The van der Waals surface area contributed by atoms with Gasteiger partial charge < -0.3 is 4.90 Å². The van der Waals surface area contributed by atoms with E-state index in [1.54, 1.807) is 7.05 Å². The van der Waals surface area contributed by atoms with Crippen LogP contribution in [0, 0.1) is 7.05 Å². The fraction of sp³-hybridized carbons (Fsp3) is 0.600. The van der Waals surface area contributed by atoms with Crippen molar-refractivity contribution >= 4 is 5.91 Å². The molecule has 2 nitrogen and oxygen atoms in total. The Labute approximate surface area is 44.1 Å². The van der Waals surface area contributed by atoms with Crippen molar-refractivity contribution in [2.45, 2.75) is 13.3 Å².